The van der Waals surface area contributed by atoms with E-state index in [1.165, 1.54) is 36.1 Å². The summed E-state index contributed by atoms with van der Waals surface area (Å²) in [5.74, 6) is 0.654. The highest BCUT2D eigenvalue weighted by atomic mass is 32.2. The number of halogens is 1. The maximum absolute atomic E-state index is 12.4. The molecule has 0 unspecified atom stereocenters. The van der Waals surface area contributed by atoms with Gasteiger partial charge in [-0.15, -0.1) is 0 Å². The molecular weight excluding hydrogens is 527 g/mol. The summed E-state index contributed by atoms with van der Waals surface area (Å²) in [6, 6.07) is 6.67. The van der Waals surface area contributed by atoms with Crippen LogP contribution in [0.3, 0.4) is 0 Å². The van der Waals surface area contributed by atoms with Crippen LogP contribution in [0.15, 0.2) is 71.3 Å². The van der Waals surface area contributed by atoms with Gasteiger partial charge in [0.05, 0.1) is 13.0 Å². The van der Waals surface area contributed by atoms with E-state index in [2.05, 4.69) is 25.1 Å². The molecule has 4 N–H and O–H groups in total. The molecule has 2 rings (SSSR count). The number of carboxylic acids is 1. The summed E-state index contributed by atoms with van der Waals surface area (Å²) < 4.78 is 20.5. The van der Waals surface area contributed by atoms with E-state index in [9.17, 15) is 14.0 Å². The Hall–Kier alpha value is -3.00. The lowest BCUT2D eigenvalue weighted by Gasteiger charge is -2.16. The van der Waals surface area contributed by atoms with Crippen molar-refractivity contribution in [3.8, 4) is 0 Å². The Morgan fingerprint density at radius 3 is 2.12 bits per heavy atom. The average molecular weight is 577 g/mol. The minimum absolute atomic E-state index is 0.0289. The van der Waals surface area contributed by atoms with Gasteiger partial charge in [-0.1, -0.05) is 76.3 Å². The molecule has 6 nitrogen and oxygen atoms in total. The number of hydrogen-bond acceptors (Lipinski definition) is 6. The van der Waals surface area contributed by atoms with Crippen LogP contribution in [0.2, 0.25) is 0 Å². The smallest absolute Gasteiger partial charge is 0.306 e. The van der Waals surface area contributed by atoms with Crippen molar-refractivity contribution in [3.05, 3.63) is 82.7 Å². The largest absolute Gasteiger partial charge is 0.497 e. The molecule has 0 atom stereocenters. The molecule has 0 radical (unpaired) electrons. The molecule has 40 heavy (non-hydrogen) atoms. The highest BCUT2D eigenvalue weighted by molar-refractivity contribution is 7.97. The summed E-state index contributed by atoms with van der Waals surface area (Å²) in [6.07, 6.45) is 11.9. The molecule has 0 spiro atoms. The third-order valence-electron chi connectivity index (χ3n) is 5.99. The highest BCUT2D eigenvalue weighted by Gasteiger charge is 2.19. The summed E-state index contributed by atoms with van der Waals surface area (Å²) in [5, 5.41) is 8.54. The number of allylic oxidation sites excluding steroid dienone is 5. The quantitative estimate of drug-likeness (QED) is 0.0765. The van der Waals surface area contributed by atoms with Crippen molar-refractivity contribution < 1.29 is 23.8 Å². The van der Waals surface area contributed by atoms with Crippen LogP contribution < -0.4 is 10.5 Å². The summed E-state index contributed by atoms with van der Waals surface area (Å²) in [6.45, 7) is 13.3. The molecule has 1 aliphatic rings. The van der Waals surface area contributed by atoms with Gasteiger partial charge in [0.2, 0.25) is 5.78 Å². The molecule has 0 bridgehead atoms. The second-order valence-corrected chi connectivity index (χ2v) is 10.7. The molecule has 0 amide bonds. The maximum atomic E-state index is 12.4. The summed E-state index contributed by atoms with van der Waals surface area (Å²) >= 11 is 1.48. The fourth-order valence-electron chi connectivity index (χ4n) is 3.68. The lowest BCUT2D eigenvalue weighted by atomic mass is 9.90. The number of nitrogens with two attached hydrogens (primary N) is 1. The molecule has 8 heteroatoms. The van der Waals surface area contributed by atoms with E-state index in [1.54, 1.807) is 33.1 Å². The van der Waals surface area contributed by atoms with Crippen LogP contribution in [0.25, 0.3) is 0 Å². The SMILES string of the molecule is C=C(C)/C(=C\C=C(/C)C(=O)/C(NSCCC)=C(/C)N)OC.CCCc1ccc(F)cc1.O=C(O)C1CCCCC1. The summed E-state index contributed by atoms with van der Waals surface area (Å²) in [5.41, 5.74) is 9.30. The third-order valence-corrected chi connectivity index (χ3v) is 6.95. The van der Waals surface area contributed by atoms with Gasteiger partial charge in [0.15, 0.2) is 0 Å². The molecule has 0 heterocycles. The first-order valence-electron chi connectivity index (χ1n) is 13.9. The van der Waals surface area contributed by atoms with Crippen molar-refractivity contribution in [1.29, 1.82) is 0 Å². The Bertz CT molecular complexity index is 1010. The van der Waals surface area contributed by atoms with Crippen molar-refractivity contribution in [2.75, 3.05) is 12.9 Å². The first-order valence-corrected chi connectivity index (χ1v) is 14.9. The highest BCUT2D eigenvalue weighted by Crippen LogP contribution is 2.23. The van der Waals surface area contributed by atoms with Crippen LogP contribution in [0.5, 0.6) is 0 Å². The Morgan fingerprint density at radius 1 is 1.10 bits per heavy atom. The standard InChI is InChI=1S/C16H26N2O2S.C9H11F.C7H12O2/c1-7-10-21-18-15(13(5)17)16(19)12(4)8-9-14(20-6)11(2)3;1-2-3-8-4-6-9(10)7-5-8;8-7(9)6-4-2-1-3-5-6/h8-9,18H,2,7,10,17H2,1,3-6H3;4-7H,2-3H2,1H3;6H,1-5H2,(H,8,9)/b12-8+,14-9+,15-13+;;. The average Bonchev–Trinajstić information content (AvgIpc) is 2.93. The van der Waals surface area contributed by atoms with Gasteiger partial charge in [-0.25, -0.2) is 4.39 Å². The van der Waals surface area contributed by atoms with Gasteiger partial charge < -0.3 is 20.3 Å². The van der Waals surface area contributed by atoms with Gasteiger partial charge in [-0.3, -0.25) is 9.59 Å². The van der Waals surface area contributed by atoms with Crippen LogP contribution in [0.1, 0.15) is 85.1 Å². The molecule has 0 saturated heterocycles. The first kappa shape index (κ1) is 37.0. The van der Waals surface area contributed by atoms with Crippen molar-refractivity contribution in [3.63, 3.8) is 0 Å². The van der Waals surface area contributed by atoms with Crippen molar-refractivity contribution in [2.24, 2.45) is 11.7 Å². The predicted octanol–water partition coefficient (Wildman–Crippen LogP) is 7.88. The number of rotatable bonds is 12. The van der Waals surface area contributed by atoms with E-state index < -0.39 is 5.97 Å². The van der Waals surface area contributed by atoms with Crippen LogP contribution in [0, 0.1) is 11.7 Å². The number of carbonyl (C=O) groups excluding carboxylic acids is 1. The fourth-order valence-corrected chi connectivity index (χ4v) is 4.38. The Balaban J connectivity index is 0.000000654. The second-order valence-electron chi connectivity index (χ2n) is 9.75. The van der Waals surface area contributed by atoms with E-state index in [-0.39, 0.29) is 17.5 Å². The number of benzene rings is 1. The minimum atomic E-state index is -0.602. The molecule has 1 saturated carbocycles. The maximum Gasteiger partial charge on any atom is 0.306 e. The third kappa shape index (κ3) is 16.2. The number of hydrogen-bond donors (Lipinski definition) is 3. The van der Waals surface area contributed by atoms with E-state index in [0.29, 0.717) is 22.7 Å². The van der Waals surface area contributed by atoms with Crippen LogP contribution in [-0.2, 0) is 20.7 Å². The molecule has 1 aromatic rings. The second kappa shape index (κ2) is 21.8. The van der Waals surface area contributed by atoms with Gasteiger partial charge in [-0.05, 0) is 81.4 Å². The Labute approximate surface area is 245 Å². The fraction of sp³-hybridized carbons (Fsp3) is 0.500. The molecule has 0 aliphatic heterocycles. The molecule has 224 valence electrons. The zero-order chi connectivity index (χ0) is 30.5. The van der Waals surface area contributed by atoms with Crippen molar-refractivity contribution in [1.82, 2.24) is 4.72 Å². The molecule has 1 aliphatic carbocycles. The lowest BCUT2D eigenvalue weighted by Crippen LogP contribution is -2.20. The number of aliphatic carboxylic acids is 1. The van der Waals surface area contributed by atoms with E-state index >= 15 is 0 Å². The zero-order valence-corrected chi connectivity index (χ0v) is 26.0. The van der Waals surface area contributed by atoms with E-state index in [0.717, 1.165) is 56.3 Å². The van der Waals surface area contributed by atoms with Gasteiger partial charge in [0.25, 0.3) is 0 Å². The van der Waals surface area contributed by atoms with Gasteiger partial charge in [0, 0.05) is 11.4 Å². The molecule has 1 fully saturated rings. The normalized spacial score (nSPS) is 14.5. The van der Waals surface area contributed by atoms with Crippen LogP contribution >= 0.6 is 11.9 Å². The van der Waals surface area contributed by atoms with Crippen LogP contribution in [0.4, 0.5) is 4.39 Å². The number of ketones is 1. The monoisotopic (exact) mass is 576 g/mol. The topological polar surface area (TPSA) is 102 Å². The van der Waals surface area contributed by atoms with Crippen LogP contribution in [-0.4, -0.2) is 29.7 Å². The minimum Gasteiger partial charge on any atom is -0.497 e. The number of nitrogens with one attached hydrogen (secondary N) is 1. The lowest BCUT2D eigenvalue weighted by molar-refractivity contribution is -0.142. The number of carbonyl (C=O) groups is 2. The number of Topliss-reactive ketones (excluding diaryl/α,β-unsaturated/α-hetero) is 1. The molecular formula is C32H49FN2O4S. The predicted molar refractivity (Wildman–Crippen MR) is 166 cm³/mol. The summed E-state index contributed by atoms with van der Waals surface area (Å²) in [7, 11) is 1.57. The van der Waals surface area contributed by atoms with E-state index in [1.807, 2.05) is 19.1 Å². The number of carboxylic acid groups (broad SMARTS) is 1. The van der Waals surface area contributed by atoms with Gasteiger partial charge in [0.1, 0.15) is 17.3 Å². The van der Waals surface area contributed by atoms with E-state index in [4.69, 9.17) is 15.6 Å². The molecule has 1 aromatic carbocycles. The first-order chi connectivity index (χ1) is 19.0. The number of methoxy groups -OCH3 is 1. The van der Waals surface area contributed by atoms with Crippen molar-refractivity contribution in [2.45, 2.75) is 86.0 Å². The van der Waals surface area contributed by atoms with Gasteiger partial charge in [-0.2, -0.15) is 0 Å². The van der Waals surface area contributed by atoms with Crippen molar-refractivity contribution >= 4 is 23.7 Å². The number of aryl methyl sites for hydroxylation is 1. The van der Waals surface area contributed by atoms with Gasteiger partial charge >= 0.3 is 5.97 Å². The summed E-state index contributed by atoms with van der Waals surface area (Å²) in [4.78, 5) is 22.7. The Kier molecular flexibility index (Phi) is 20.1. The Morgan fingerprint density at radius 2 is 1.70 bits per heavy atom. The zero-order valence-electron chi connectivity index (χ0n) is 25.1. The number of ether oxygens (including phenoxy) is 1. The molecule has 0 aromatic heterocycles.